The summed E-state index contributed by atoms with van der Waals surface area (Å²) in [4.78, 5) is 0. The third-order valence-corrected chi connectivity index (χ3v) is 6.13. The van der Waals surface area contributed by atoms with Crippen molar-refractivity contribution in [2.45, 2.75) is 0 Å². The van der Waals surface area contributed by atoms with Crippen LogP contribution in [0.2, 0.25) is 0 Å². The maximum atomic E-state index is 13.8. The fraction of sp³-hybridized carbons (Fsp3) is 0. The van der Waals surface area contributed by atoms with Crippen molar-refractivity contribution in [2.24, 2.45) is 0 Å². The molecule has 5 aromatic carbocycles. The van der Waals surface area contributed by atoms with Crippen molar-refractivity contribution in [3.05, 3.63) is 115 Å². The first-order valence-electron chi connectivity index (χ1n) is 9.89. The Morgan fingerprint density at radius 2 is 1.00 bits per heavy atom. The van der Waals surface area contributed by atoms with Gasteiger partial charge in [0, 0.05) is 5.39 Å². The van der Waals surface area contributed by atoms with E-state index < -0.39 is 7.82 Å². The second-order valence-electron chi connectivity index (χ2n) is 7.02. The molecule has 152 valence electrons. The molecule has 0 atom stereocenters. The third kappa shape index (κ3) is 4.25. The number of phosphoric acid groups is 1. The monoisotopic (exact) mass is 426 g/mol. The molecule has 4 nitrogen and oxygen atoms in total. The number of fused-ring (bicyclic) bond motifs is 2. The van der Waals surface area contributed by atoms with E-state index >= 15 is 0 Å². The molecule has 0 unspecified atom stereocenters. The molecule has 0 aromatic heterocycles. The quantitative estimate of drug-likeness (QED) is 0.207. The van der Waals surface area contributed by atoms with Crippen molar-refractivity contribution in [1.29, 1.82) is 0 Å². The fourth-order valence-corrected chi connectivity index (χ4v) is 4.69. The van der Waals surface area contributed by atoms with Gasteiger partial charge in [-0.2, -0.15) is 4.57 Å². The molecule has 0 spiro atoms. The van der Waals surface area contributed by atoms with Gasteiger partial charge in [-0.1, -0.05) is 72.8 Å². The Hall–Kier alpha value is -3.75. The number of hydrogen-bond acceptors (Lipinski definition) is 4. The maximum Gasteiger partial charge on any atom is 0.647 e. The molecule has 0 aliphatic heterocycles. The first-order chi connectivity index (χ1) is 15.2. The van der Waals surface area contributed by atoms with E-state index in [2.05, 4.69) is 12.1 Å². The lowest BCUT2D eigenvalue weighted by Gasteiger charge is -2.20. The van der Waals surface area contributed by atoms with E-state index in [9.17, 15) is 4.57 Å². The van der Waals surface area contributed by atoms with Crippen molar-refractivity contribution in [3.63, 3.8) is 0 Å². The summed E-state index contributed by atoms with van der Waals surface area (Å²) in [7, 11) is -4.05. The molecule has 0 fully saturated rings. The largest absolute Gasteiger partial charge is 0.647 e. The van der Waals surface area contributed by atoms with Crippen LogP contribution in [0.5, 0.6) is 17.2 Å². The van der Waals surface area contributed by atoms with Gasteiger partial charge in [0.2, 0.25) is 0 Å². The zero-order chi connectivity index (χ0) is 21.1. The first kappa shape index (κ1) is 19.2. The molecule has 5 aromatic rings. The minimum absolute atomic E-state index is 0.396. The Labute approximate surface area is 180 Å². The second kappa shape index (κ2) is 8.17. The van der Waals surface area contributed by atoms with E-state index in [1.165, 1.54) is 0 Å². The molecular weight excluding hydrogens is 407 g/mol. The van der Waals surface area contributed by atoms with Crippen LogP contribution in [0.15, 0.2) is 115 Å². The zero-order valence-corrected chi connectivity index (χ0v) is 17.4. The van der Waals surface area contributed by atoms with Gasteiger partial charge in [0.15, 0.2) is 0 Å². The van der Waals surface area contributed by atoms with Crippen LogP contribution in [0.25, 0.3) is 21.5 Å². The molecule has 0 N–H and O–H groups in total. The third-order valence-electron chi connectivity index (χ3n) is 4.84. The van der Waals surface area contributed by atoms with Crippen LogP contribution in [0, 0.1) is 0 Å². The van der Waals surface area contributed by atoms with Crippen LogP contribution >= 0.6 is 7.82 Å². The van der Waals surface area contributed by atoms with E-state index in [0.717, 1.165) is 21.5 Å². The van der Waals surface area contributed by atoms with E-state index in [1.807, 2.05) is 48.5 Å². The highest BCUT2D eigenvalue weighted by Gasteiger charge is 2.33. The van der Waals surface area contributed by atoms with Gasteiger partial charge in [0.1, 0.15) is 17.2 Å². The van der Waals surface area contributed by atoms with Gasteiger partial charge >= 0.3 is 7.82 Å². The highest BCUT2D eigenvalue weighted by atomic mass is 31.2. The minimum Gasteiger partial charge on any atom is -0.386 e. The van der Waals surface area contributed by atoms with E-state index in [-0.39, 0.29) is 0 Å². The highest BCUT2D eigenvalue weighted by molar-refractivity contribution is 7.49. The number of rotatable bonds is 6. The first-order valence-corrected chi connectivity index (χ1v) is 11.4. The predicted octanol–water partition coefficient (Wildman–Crippen LogP) is 7.64. The lowest BCUT2D eigenvalue weighted by molar-refractivity contribution is 0.299. The van der Waals surface area contributed by atoms with Gasteiger partial charge in [0.05, 0.1) is 0 Å². The zero-order valence-electron chi connectivity index (χ0n) is 16.5. The van der Waals surface area contributed by atoms with Crippen molar-refractivity contribution in [2.75, 3.05) is 0 Å². The van der Waals surface area contributed by atoms with Crippen LogP contribution in [-0.4, -0.2) is 0 Å². The Morgan fingerprint density at radius 3 is 1.61 bits per heavy atom. The summed E-state index contributed by atoms with van der Waals surface area (Å²) >= 11 is 0. The average Bonchev–Trinajstić information content (AvgIpc) is 2.79. The smallest absolute Gasteiger partial charge is 0.386 e. The number of benzene rings is 5. The number of phosphoric ester groups is 1. The summed E-state index contributed by atoms with van der Waals surface area (Å²) in [5, 5.41) is 3.99. The van der Waals surface area contributed by atoms with Crippen molar-refractivity contribution >= 4 is 29.4 Å². The highest BCUT2D eigenvalue weighted by Crippen LogP contribution is 2.51. The summed E-state index contributed by atoms with van der Waals surface area (Å²) in [6.45, 7) is 0. The number of hydrogen-bond donors (Lipinski definition) is 0. The summed E-state index contributed by atoms with van der Waals surface area (Å²) in [5.74, 6) is 1.22. The van der Waals surface area contributed by atoms with E-state index in [4.69, 9.17) is 13.6 Å². The molecule has 0 radical (unpaired) electrons. The van der Waals surface area contributed by atoms with Gasteiger partial charge in [-0.3, -0.25) is 0 Å². The van der Waals surface area contributed by atoms with Crippen LogP contribution in [0.4, 0.5) is 0 Å². The Kier molecular flexibility index (Phi) is 5.07. The van der Waals surface area contributed by atoms with Crippen LogP contribution in [-0.2, 0) is 4.57 Å². The molecule has 5 heteroatoms. The minimum atomic E-state index is -4.05. The summed E-state index contributed by atoms with van der Waals surface area (Å²) in [5.41, 5.74) is 0. The van der Waals surface area contributed by atoms with Gasteiger partial charge in [-0.05, 0) is 58.6 Å². The molecule has 0 aliphatic carbocycles. The molecule has 31 heavy (non-hydrogen) atoms. The fourth-order valence-electron chi connectivity index (χ4n) is 3.42. The SMILES string of the molecule is O=P(Oc1ccccc1)(Oc1ccccc1)Oc1cccc2cc3ccccc3cc12. The Morgan fingerprint density at radius 1 is 0.484 bits per heavy atom. The average molecular weight is 426 g/mol. The molecule has 0 heterocycles. The molecule has 0 saturated carbocycles. The molecule has 5 rings (SSSR count). The molecular formula is C26H19O4P. The van der Waals surface area contributed by atoms with Crippen molar-refractivity contribution in [3.8, 4) is 17.2 Å². The molecule has 0 bridgehead atoms. The normalized spacial score (nSPS) is 11.4. The van der Waals surface area contributed by atoms with Gasteiger partial charge in [0.25, 0.3) is 0 Å². The Balaban J connectivity index is 1.57. The lowest BCUT2D eigenvalue weighted by atomic mass is 10.0. The summed E-state index contributed by atoms with van der Waals surface area (Å²) in [6, 6.07) is 35.6. The summed E-state index contributed by atoms with van der Waals surface area (Å²) < 4.78 is 31.3. The van der Waals surface area contributed by atoms with Crippen LogP contribution in [0.1, 0.15) is 0 Å². The molecule has 0 amide bonds. The standard InChI is InChI=1S/C26H19O4P/c27-31(28-23-13-3-1-4-14-23,29-24-15-5-2-6-16-24)30-26-17-9-12-22-18-20-10-7-8-11-21(20)19-25(22)26/h1-19H. The second-order valence-corrected chi connectivity index (χ2v) is 8.47. The lowest BCUT2D eigenvalue weighted by Crippen LogP contribution is -2.07. The van der Waals surface area contributed by atoms with Crippen molar-refractivity contribution < 1.29 is 18.1 Å². The maximum absolute atomic E-state index is 13.8. The molecule has 0 aliphatic rings. The van der Waals surface area contributed by atoms with Crippen molar-refractivity contribution in [1.82, 2.24) is 0 Å². The van der Waals surface area contributed by atoms with Gasteiger partial charge in [-0.25, -0.2) is 0 Å². The van der Waals surface area contributed by atoms with Gasteiger partial charge in [-0.15, -0.1) is 0 Å². The van der Waals surface area contributed by atoms with Crippen LogP contribution < -0.4 is 13.6 Å². The molecule has 0 saturated heterocycles. The van der Waals surface area contributed by atoms with Gasteiger partial charge < -0.3 is 13.6 Å². The van der Waals surface area contributed by atoms with E-state index in [1.54, 1.807) is 54.6 Å². The van der Waals surface area contributed by atoms with E-state index in [0.29, 0.717) is 17.2 Å². The number of para-hydroxylation sites is 2. The topological polar surface area (TPSA) is 44.8 Å². The van der Waals surface area contributed by atoms with Crippen LogP contribution in [0.3, 0.4) is 0 Å². The predicted molar refractivity (Wildman–Crippen MR) is 124 cm³/mol. The Bertz CT molecular complexity index is 1340. The summed E-state index contributed by atoms with van der Waals surface area (Å²) in [6.07, 6.45) is 0.